The lowest BCUT2D eigenvalue weighted by molar-refractivity contribution is 0.0732. The Bertz CT molecular complexity index is 843. The third-order valence-corrected chi connectivity index (χ3v) is 3.88. The van der Waals surface area contributed by atoms with Crippen LogP contribution in [0.4, 0.5) is 9.18 Å². The van der Waals surface area contributed by atoms with E-state index in [4.69, 9.17) is 4.74 Å². The fourth-order valence-corrected chi connectivity index (χ4v) is 3.09. The summed E-state index contributed by atoms with van der Waals surface area (Å²) < 4.78 is 24.1. The highest BCUT2D eigenvalue weighted by atomic mass is 79.9. The van der Waals surface area contributed by atoms with Gasteiger partial charge in [0.2, 0.25) is 0 Å². The van der Waals surface area contributed by atoms with Crippen molar-refractivity contribution in [3.05, 3.63) is 62.3 Å². The molecule has 1 amide bonds. The molecule has 0 bridgehead atoms. The lowest BCUT2D eigenvalue weighted by Crippen LogP contribution is -2.17. The van der Waals surface area contributed by atoms with Crippen molar-refractivity contribution >= 4 is 50.1 Å². The maximum absolute atomic E-state index is 13.3. The number of nitrogens with zero attached hydrogens (tertiary/aromatic N) is 1. The molecule has 0 fully saturated rings. The van der Waals surface area contributed by atoms with E-state index in [0.29, 0.717) is 14.5 Å². The van der Waals surface area contributed by atoms with Gasteiger partial charge in [0.05, 0.1) is 23.4 Å². The average Bonchev–Trinajstić information content (AvgIpc) is 2.57. The first-order valence-electron chi connectivity index (χ1n) is 6.74. The minimum Gasteiger partial charge on any atom is -0.452 e. The van der Waals surface area contributed by atoms with Crippen molar-refractivity contribution < 1.29 is 23.5 Å². The van der Waals surface area contributed by atoms with Gasteiger partial charge in [-0.1, -0.05) is 22.0 Å². The number of hydrogen-bond acceptors (Lipinski definition) is 5. The quantitative estimate of drug-likeness (QED) is 0.311. The van der Waals surface area contributed by atoms with E-state index in [9.17, 15) is 14.0 Å². The molecule has 0 radical (unpaired) electrons. The van der Waals surface area contributed by atoms with Gasteiger partial charge in [0.1, 0.15) is 5.82 Å². The second kappa shape index (κ2) is 8.72. The molecule has 0 saturated heterocycles. The van der Waals surface area contributed by atoms with Crippen molar-refractivity contribution in [2.45, 2.75) is 0 Å². The maximum atomic E-state index is 13.3. The molecule has 0 spiro atoms. The summed E-state index contributed by atoms with van der Waals surface area (Å²) in [6.45, 7) is 0. The Morgan fingerprint density at radius 3 is 2.68 bits per heavy atom. The van der Waals surface area contributed by atoms with E-state index in [-0.39, 0.29) is 11.3 Å². The van der Waals surface area contributed by atoms with Crippen LogP contribution in [0, 0.1) is 5.82 Å². The zero-order valence-electron chi connectivity index (χ0n) is 12.8. The van der Waals surface area contributed by atoms with Gasteiger partial charge in [0.25, 0.3) is 0 Å². The second-order valence-corrected chi connectivity index (χ2v) is 6.34. The fourth-order valence-electron chi connectivity index (χ4n) is 1.75. The molecule has 0 heterocycles. The number of nitrogens with one attached hydrogen (secondary N) is 1. The Kier molecular flexibility index (Phi) is 6.65. The minimum atomic E-state index is -0.747. The van der Waals surface area contributed by atoms with Gasteiger partial charge < -0.3 is 9.47 Å². The molecule has 2 rings (SSSR count). The normalized spacial score (nSPS) is 10.6. The smallest absolute Gasteiger partial charge is 0.427 e. The molecule has 0 aliphatic heterocycles. The number of hydrazone groups is 1. The Hall–Kier alpha value is -2.26. The average molecular weight is 474 g/mol. The number of hydrogen-bond donors (Lipinski definition) is 1. The number of methoxy groups -OCH3 is 1. The lowest BCUT2D eigenvalue weighted by atomic mass is 10.2. The van der Waals surface area contributed by atoms with Crippen molar-refractivity contribution in [1.29, 1.82) is 0 Å². The van der Waals surface area contributed by atoms with Crippen LogP contribution in [0.15, 0.2) is 50.4 Å². The number of esters is 1. The monoisotopic (exact) mass is 472 g/mol. The van der Waals surface area contributed by atoms with Crippen LogP contribution in [0.1, 0.15) is 15.9 Å². The van der Waals surface area contributed by atoms with Crippen LogP contribution in [0.3, 0.4) is 0 Å². The van der Waals surface area contributed by atoms with Crippen LogP contribution in [-0.4, -0.2) is 25.4 Å². The first-order valence-corrected chi connectivity index (χ1v) is 8.33. The van der Waals surface area contributed by atoms with Crippen LogP contribution in [0.2, 0.25) is 0 Å². The molecule has 6 nitrogen and oxygen atoms in total. The van der Waals surface area contributed by atoms with Crippen molar-refractivity contribution in [3.8, 4) is 5.75 Å². The van der Waals surface area contributed by atoms with E-state index in [1.54, 1.807) is 12.1 Å². The van der Waals surface area contributed by atoms with Crippen LogP contribution in [0.5, 0.6) is 5.75 Å². The third-order valence-electron chi connectivity index (χ3n) is 2.84. The highest BCUT2D eigenvalue weighted by Crippen LogP contribution is 2.32. The van der Waals surface area contributed by atoms with Gasteiger partial charge in [-0.2, -0.15) is 5.10 Å². The number of amides is 1. The van der Waals surface area contributed by atoms with Gasteiger partial charge in [0.15, 0.2) is 5.75 Å². The fraction of sp³-hybridized carbons (Fsp3) is 0.0625. The van der Waals surface area contributed by atoms with Crippen molar-refractivity contribution in [2.24, 2.45) is 5.10 Å². The SMILES string of the molecule is COC(=O)N/N=C/c1cc(Br)cc(Br)c1OC(=O)c1cccc(F)c1. The minimum absolute atomic E-state index is 0.0605. The van der Waals surface area contributed by atoms with Crippen LogP contribution in [0.25, 0.3) is 0 Å². The molecule has 0 aliphatic carbocycles. The highest BCUT2D eigenvalue weighted by molar-refractivity contribution is 9.11. The molecule has 25 heavy (non-hydrogen) atoms. The number of carbonyl (C=O) groups excluding carboxylic acids is 2. The summed E-state index contributed by atoms with van der Waals surface area (Å²) in [5.41, 5.74) is 2.58. The standard InChI is InChI=1S/C16H11Br2FN2O4/c1-24-16(23)21-20-8-10-5-11(17)7-13(18)14(10)25-15(22)9-3-2-4-12(19)6-9/h2-8H,1H3,(H,21,23)/b20-8+. The molecular weight excluding hydrogens is 463 g/mol. The van der Waals surface area contributed by atoms with Crippen LogP contribution in [-0.2, 0) is 4.74 Å². The van der Waals surface area contributed by atoms with E-state index < -0.39 is 17.9 Å². The number of ether oxygens (including phenoxy) is 2. The third kappa shape index (κ3) is 5.36. The van der Waals surface area contributed by atoms with E-state index in [2.05, 4.69) is 47.1 Å². The van der Waals surface area contributed by atoms with Gasteiger partial charge in [-0.3, -0.25) is 0 Å². The van der Waals surface area contributed by atoms with E-state index in [1.807, 2.05) is 0 Å². The van der Waals surface area contributed by atoms with Crippen LogP contribution < -0.4 is 10.2 Å². The van der Waals surface area contributed by atoms with Crippen molar-refractivity contribution in [3.63, 3.8) is 0 Å². The summed E-state index contributed by atoms with van der Waals surface area (Å²) in [5.74, 6) is -1.13. The zero-order chi connectivity index (χ0) is 18.4. The molecular formula is C16H11Br2FN2O4. The lowest BCUT2D eigenvalue weighted by Gasteiger charge is -2.10. The molecule has 130 valence electrons. The number of benzene rings is 2. The topological polar surface area (TPSA) is 77.0 Å². The molecule has 9 heteroatoms. The summed E-state index contributed by atoms with van der Waals surface area (Å²) in [6.07, 6.45) is 0.532. The van der Waals surface area contributed by atoms with Gasteiger partial charge in [-0.05, 0) is 46.3 Å². The van der Waals surface area contributed by atoms with Gasteiger partial charge >= 0.3 is 12.1 Å². The summed E-state index contributed by atoms with van der Waals surface area (Å²) in [6, 6.07) is 8.43. The molecule has 0 unspecified atom stereocenters. The summed E-state index contributed by atoms with van der Waals surface area (Å²) in [4.78, 5) is 23.3. The van der Waals surface area contributed by atoms with Gasteiger partial charge in [-0.25, -0.2) is 19.4 Å². The van der Waals surface area contributed by atoms with Gasteiger partial charge in [-0.15, -0.1) is 0 Å². The van der Waals surface area contributed by atoms with Gasteiger partial charge in [0, 0.05) is 10.0 Å². The largest absolute Gasteiger partial charge is 0.452 e. The molecule has 2 aromatic rings. The number of carbonyl (C=O) groups is 2. The molecule has 0 aromatic heterocycles. The predicted octanol–water partition coefficient (Wildman–Crippen LogP) is 4.26. The summed E-state index contributed by atoms with van der Waals surface area (Å²) in [7, 11) is 1.20. The summed E-state index contributed by atoms with van der Waals surface area (Å²) in [5, 5.41) is 3.71. The second-order valence-electron chi connectivity index (χ2n) is 4.57. The van der Waals surface area contributed by atoms with Crippen molar-refractivity contribution in [1.82, 2.24) is 5.43 Å². The summed E-state index contributed by atoms with van der Waals surface area (Å²) >= 11 is 6.60. The Morgan fingerprint density at radius 2 is 2.00 bits per heavy atom. The Balaban J connectivity index is 2.30. The van der Waals surface area contributed by atoms with Crippen molar-refractivity contribution in [2.75, 3.05) is 7.11 Å². The maximum Gasteiger partial charge on any atom is 0.427 e. The molecule has 2 aromatic carbocycles. The first-order chi connectivity index (χ1) is 11.9. The molecule has 0 saturated carbocycles. The van der Waals surface area contributed by atoms with E-state index in [1.165, 1.54) is 31.5 Å². The molecule has 0 aliphatic rings. The molecule has 1 N–H and O–H groups in total. The Morgan fingerprint density at radius 1 is 1.24 bits per heavy atom. The highest BCUT2D eigenvalue weighted by Gasteiger charge is 2.15. The number of halogens is 3. The zero-order valence-corrected chi connectivity index (χ0v) is 15.9. The first kappa shape index (κ1) is 19.1. The molecule has 0 atom stereocenters. The van der Waals surface area contributed by atoms with E-state index >= 15 is 0 Å². The van der Waals surface area contributed by atoms with Crippen LogP contribution >= 0.6 is 31.9 Å². The predicted molar refractivity (Wildman–Crippen MR) is 96.3 cm³/mol. The van der Waals surface area contributed by atoms with E-state index in [0.717, 1.165) is 6.07 Å². The Labute approximate surface area is 159 Å². The number of rotatable bonds is 4.